The maximum atomic E-state index is 12.1. The summed E-state index contributed by atoms with van der Waals surface area (Å²) >= 11 is 7.81. The molecule has 0 aliphatic carbocycles. The predicted octanol–water partition coefficient (Wildman–Crippen LogP) is 4.91. The number of carbonyl (C=O) groups is 1. The Balaban J connectivity index is 2.22. The van der Waals surface area contributed by atoms with Gasteiger partial charge in [-0.05, 0) is 91.4 Å². The third kappa shape index (κ3) is 3.45. The van der Waals surface area contributed by atoms with Crippen molar-refractivity contribution < 1.29 is 4.79 Å². The Morgan fingerprint density at radius 3 is 2.44 bits per heavy atom. The Bertz CT molecular complexity index is 601. The van der Waals surface area contributed by atoms with Crippen LogP contribution in [0.1, 0.15) is 10.4 Å². The smallest absolute Gasteiger partial charge is 0.256 e. The Morgan fingerprint density at radius 1 is 1.06 bits per heavy atom. The summed E-state index contributed by atoms with van der Waals surface area (Å²) in [7, 11) is 0. The van der Waals surface area contributed by atoms with Crippen LogP contribution in [-0.2, 0) is 0 Å². The molecule has 0 aliphatic heterocycles. The first-order valence-electron chi connectivity index (χ1n) is 5.09. The summed E-state index contributed by atoms with van der Waals surface area (Å²) in [5.74, 6) is -0.0851. The van der Waals surface area contributed by atoms with Gasteiger partial charge in [-0.1, -0.05) is 12.1 Å². The molecule has 0 saturated heterocycles. The van der Waals surface area contributed by atoms with Crippen molar-refractivity contribution in [2.45, 2.75) is 0 Å². The van der Waals surface area contributed by atoms with Gasteiger partial charge in [0, 0.05) is 17.3 Å². The predicted molar refractivity (Wildman–Crippen MR) is 94.0 cm³/mol. The van der Waals surface area contributed by atoms with Gasteiger partial charge in [-0.2, -0.15) is 0 Å². The number of amides is 1. The molecule has 1 amide bonds. The third-order valence-corrected chi connectivity index (χ3v) is 5.56. The number of rotatable bonds is 2. The highest BCUT2D eigenvalue weighted by Crippen LogP contribution is 2.23. The van der Waals surface area contributed by atoms with E-state index in [0.29, 0.717) is 5.56 Å². The molecule has 2 aromatic rings. The first-order valence-corrected chi connectivity index (χ1v) is 8.04. The van der Waals surface area contributed by atoms with E-state index in [4.69, 9.17) is 0 Å². The van der Waals surface area contributed by atoms with E-state index in [1.165, 1.54) is 0 Å². The average molecular weight is 528 g/mol. The molecule has 0 atom stereocenters. The minimum atomic E-state index is -0.0851. The van der Waals surface area contributed by atoms with Crippen molar-refractivity contribution in [3.8, 4) is 0 Å². The van der Waals surface area contributed by atoms with E-state index in [1.807, 2.05) is 42.5 Å². The highest BCUT2D eigenvalue weighted by molar-refractivity contribution is 14.1. The lowest BCUT2D eigenvalue weighted by Crippen LogP contribution is -2.13. The summed E-state index contributed by atoms with van der Waals surface area (Å²) in [5, 5.41) is 2.90. The number of anilines is 1. The lowest BCUT2D eigenvalue weighted by Gasteiger charge is -2.07. The molecular formula is C13H8BrI2NO. The summed E-state index contributed by atoms with van der Waals surface area (Å²) in [6.45, 7) is 0. The van der Waals surface area contributed by atoms with Crippen molar-refractivity contribution >= 4 is 72.7 Å². The first-order chi connectivity index (χ1) is 8.58. The Labute approximate surface area is 141 Å². The van der Waals surface area contributed by atoms with Gasteiger partial charge in [0.15, 0.2) is 0 Å². The highest BCUT2D eigenvalue weighted by Gasteiger charge is 2.09. The first kappa shape index (κ1) is 14.3. The van der Waals surface area contributed by atoms with Gasteiger partial charge in [-0.25, -0.2) is 0 Å². The molecule has 5 heteroatoms. The molecular weight excluding hydrogens is 520 g/mol. The zero-order valence-corrected chi connectivity index (χ0v) is 15.0. The molecule has 2 rings (SSSR count). The zero-order valence-electron chi connectivity index (χ0n) is 9.08. The summed E-state index contributed by atoms with van der Waals surface area (Å²) in [6, 6.07) is 13.2. The molecule has 18 heavy (non-hydrogen) atoms. The van der Waals surface area contributed by atoms with Crippen molar-refractivity contribution in [2.24, 2.45) is 0 Å². The van der Waals surface area contributed by atoms with E-state index in [-0.39, 0.29) is 5.91 Å². The molecule has 2 nitrogen and oxygen atoms in total. The topological polar surface area (TPSA) is 29.1 Å². The van der Waals surface area contributed by atoms with Gasteiger partial charge in [-0.3, -0.25) is 4.79 Å². The average Bonchev–Trinajstić information content (AvgIpc) is 2.34. The van der Waals surface area contributed by atoms with Crippen molar-refractivity contribution in [3.05, 3.63) is 59.6 Å². The van der Waals surface area contributed by atoms with E-state index in [9.17, 15) is 4.79 Å². The molecule has 0 aliphatic rings. The van der Waals surface area contributed by atoms with Gasteiger partial charge < -0.3 is 5.32 Å². The Morgan fingerprint density at radius 2 is 1.78 bits per heavy atom. The van der Waals surface area contributed by atoms with Crippen LogP contribution in [0, 0.1) is 7.14 Å². The molecule has 0 bridgehead atoms. The highest BCUT2D eigenvalue weighted by atomic mass is 127. The second-order valence-electron chi connectivity index (χ2n) is 3.56. The van der Waals surface area contributed by atoms with Gasteiger partial charge in [0.05, 0.1) is 5.56 Å². The molecule has 0 fully saturated rings. The van der Waals surface area contributed by atoms with Crippen LogP contribution in [0.3, 0.4) is 0 Å². The standard InChI is InChI=1S/C13H8BrI2NO/c14-10-6-5-8(7-12(10)16)17-13(18)9-3-1-2-4-11(9)15/h1-7H,(H,17,18). The molecule has 0 unspecified atom stereocenters. The number of benzene rings is 2. The minimum Gasteiger partial charge on any atom is -0.322 e. The Kier molecular flexibility index (Phi) is 5.02. The molecule has 0 aromatic heterocycles. The quantitative estimate of drug-likeness (QED) is 0.553. The molecule has 0 radical (unpaired) electrons. The second-order valence-corrected chi connectivity index (χ2v) is 6.74. The molecule has 0 heterocycles. The van der Waals surface area contributed by atoms with Gasteiger partial charge in [0.1, 0.15) is 0 Å². The summed E-state index contributed by atoms with van der Waals surface area (Å²) in [6.07, 6.45) is 0. The normalized spacial score (nSPS) is 10.2. The Hall–Kier alpha value is -0.150. The van der Waals surface area contributed by atoms with Gasteiger partial charge in [-0.15, -0.1) is 0 Å². The molecule has 1 N–H and O–H groups in total. The van der Waals surface area contributed by atoms with Crippen LogP contribution in [0.4, 0.5) is 5.69 Å². The molecule has 92 valence electrons. The summed E-state index contributed by atoms with van der Waals surface area (Å²) in [5.41, 5.74) is 1.49. The lowest BCUT2D eigenvalue weighted by atomic mass is 10.2. The number of hydrogen-bond donors (Lipinski definition) is 1. The van der Waals surface area contributed by atoms with Crippen LogP contribution >= 0.6 is 61.1 Å². The van der Waals surface area contributed by atoms with E-state index < -0.39 is 0 Å². The maximum absolute atomic E-state index is 12.1. The summed E-state index contributed by atoms with van der Waals surface area (Å²) < 4.78 is 3.03. The maximum Gasteiger partial charge on any atom is 0.256 e. The van der Waals surface area contributed by atoms with Crippen molar-refractivity contribution in [2.75, 3.05) is 5.32 Å². The second kappa shape index (κ2) is 6.33. The number of nitrogens with one attached hydrogen (secondary N) is 1. The molecule has 0 spiro atoms. The largest absolute Gasteiger partial charge is 0.322 e. The van der Waals surface area contributed by atoms with Crippen LogP contribution in [0.5, 0.6) is 0 Å². The number of carbonyl (C=O) groups excluding carboxylic acids is 1. The fourth-order valence-corrected chi connectivity index (χ4v) is 2.81. The van der Waals surface area contributed by atoms with E-state index >= 15 is 0 Å². The van der Waals surface area contributed by atoms with Crippen LogP contribution < -0.4 is 5.32 Å². The summed E-state index contributed by atoms with van der Waals surface area (Å²) in [4.78, 5) is 12.1. The van der Waals surface area contributed by atoms with Crippen LogP contribution in [0.25, 0.3) is 0 Å². The van der Waals surface area contributed by atoms with Gasteiger partial charge >= 0.3 is 0 Å². The van der Waals surface area contributed by atoms with Gasteiger partial charge in [0.2, 0.25) is 0 Å². The fraction of sp³-hybridized carbons (Fsp3) is 0. The zero-order chi connectivity index (χ0) is 13.1. The van der Waals surface area contributed by atoms with Crippen molar-refractivity contribution in [1.82, 2.24) is 0 Å². The SMILES string of the molecule is O=C(Nc1ccc(Br)c(I)c1)c1ccccc1I. The van der Waals surface area contributed by atoms with Gasteiger partial charge in [0.25, 0.3) is 5.91 Å². The van der Waals surface area contributed by atoms with Crippen LogP contribution in [0.15, 0.2) is 46.9 Å². The minimum absolute atomic E-state index is 0.0851. The number of hydrogen-bond acceptors (Lipinski definition) is 1. The van der Waals surface area contributed by atoms with E-state index in [0.717, 1.165) is 17.3 Å². The van der Waals surface area contributed by atoms with Crippen LogP contribution in [0.2, 0.25) is 0 Å². The van der Waals surface area contributed by atoms with E-state index in [1.54, 1.807) is 0 Å². The van der Waals surface area contributed by atoms with Crippen molar-refractivity contribution in [1.29, 1.82) is 0 Å². The van der Waals surface area contributed by atoms with E-state index in [2.05, 4.69) is 66.4 Å². The molecule has 0 saturated carbocycles. The fourth-order valence-electron chi connectivity index (χ4n) is 1.42. The van der Waals surface area contributed by atoms with Crippen molar-refractivity contribution in [3.63, 3.8) is 0 Å². The molecule has 2 aromatic carbocycles. The third-order valence-electron chi connectivity index (χ3n) is 2.30. The lowest BCUT2D eigenvalue weighted by molar-refractivity contribution is 0.102. The monoisotopic (exact) mass is 527 g/mol. The number of halogens is 3. The van der Waals surface area contributed by atoms with Crippen LogP contribution in [-0.4, -0.2) is 5.91 Å².